The second kappa shape index (κ2) is 4.17. The molecule has 0 aromatic heterocycles. The highest BCUT2D eigenvalue weighted by Crippen LogP contribution is 2.30. The van der Waals surface area contributed by atoms with Gasteiger partial charge in [-0.3, -0.25) is 0 Å². The fourth-order valence-electron chi connectivity index (χ4n) is 2.51. The molecule has 1 N–H and O–H groups in total. The number of carbonyl (C=O) groups excluding carboxylic acids is 1. The summed E-state index contributed by atoms with van der Waals surface area (Å²) >= 11 is 0. The molecule has 1 amide bonds. The molecule has 1 aliphatic heterocycles. The first-order chi connectivity index (χ1) is 6.83. The van der Waals surface area contributed by atoms with E-state index in [-0.39, 0.29) is 24.7 Å². The average molecular weight is 199 g/mol. The fraction of sp³-hybridized carbons (Fsp3) is 0.900. The Morgan fingerprint density at radius 1 is 1.43 bits per heavy atom. The molecule has 2 atom stereocenters. The summed E-state index contributed by atoms with van der Waals surface area (Å²) in [5.74, 6) is 0.264. The van der Waals surface area contributed by atoms with Crippen molar-refractivity contribution in [3.8, 4) is 0 Å². The number of nitrogens with zero attached hydrogens (tertiary/aromatic N) is 1. The van der Waals surface area contributed by atoms with Gasteiger partial charge in [0.15, 0.2) is 0 Å². The van der Waals surface area contributed by atoms with Crippen molar-refractivity contribution < 1.29 is 14.6 Å². The van der Waals surface area contributed by atoms with Crippen LogP contribution in [0.25, 0.3) is 0 Å². The third-order valence-electron chi connectivity index (χ3n) is 3.26. The van der Waals surface area contributed by atoms with Crippen molar-refractivity contribution in [3.63, 3.8) is 0 Å². The Hall–Kier alpha value is -0.770. The Morgan fingerprint density at radius 2 is 2.29 bits per heavy atom. The van der Waals surface area contributed by atoms with Crippen molar-refractivity contribution in [2.75, 3.05) is 19.8 Å². The molecule has 1 saturated heterocycles. The van der Waals surface area contributed by atoms with Crippen LogP contribution in [0.1, 0.15) is 25.7 Å². The molecule has 0 aromatic rings. The monoisotopic (exact) mass is 199 g/mol. The van der Waals surface area contributed by atoms with Crippen LogP contribution in [0, 0.1) is 5.92 Å². The molecule has 80 valence electrons. The smallest absolute Gasteiger partial charge is 0.410 e. The summed E-state index contributed by atoms with van der Waals surface area (Å²) < 4.78 is 5.00. The largest absolute Gasteiger partial charge is 0.449 e. The van der Waals surface area contributed by atoms with E-state index in [1.54, 1.807) is 4.90 Å². The first kappa shape index (κ1) is 9.77. The fourth-order valence-corrected chi connectivity index (χ4v) is 2.51. The molecule has 14 heavy (non-hydrogen) atoms. The lowest BCUT2D eigenvalue weighted by molar-refractivity contribution is 0.0396. The van der Waals surface area contributed by atoms with E-state index in [0.717, 1.165) is 32.2 Å². The Morgan fingerprint density at radius 3 is 3.00 bits per heavy atom. The molecular formula is C10H17NO3. The van der Waals surface area contributed by atoms with Gasteiger partial charge in [-0.1, -0.05) is 6.42 Å². The van der Waals surface area contributed by atoms with Crippen LogP contribution in [0.4, 0.5) is 4.79 Å². The minimum atomic E-state index is -0.193. The van der Waals surface area contributed by atoms with Crippen LogP contribution in [0.2, 0.25) is 0 Å². The summed E-state index contributed by atoms with van der Waals surface area (Å²) in [6.07, 6.45) is 3.88. The van der Waals surface area contributed by atoms with Crippen molar-refractivity contribution in [3.05, 3.63) is 0 Å². The normalized spacial score (nSPS) is 33.2. The number of hydrogen-bond donors (Lipinski definition) is 1. The van der Waals surface area contributed by atoms with Crippen LogP contribution >= 0.6 is 0 Å². The molecule has 0 radical (unpaired) electrons. The number of rotatable bonds is 2. The lowest BCUT2D eigenvalue weighted by Crippen LogP contribution is -2.47. The van der Waals surface area contributed by atoms with Crippen molar-refractivity contribution in [2.24, 2.45) is 5.92 Å². The van der Waals surface area contributed by atoms with E-state index in [0.29, 0.717) is 6.61 Å². The number of aliphatic hydroxyl groups is 1. The SMILES string of the molecule is O=C1OCCCN1C1CCCC1CO. The molecule has 1 saturated carbocycles. The first-order valence-corrected chi connectivity index (χ1v) is 5.37. The van der Waals surface area contributed by atoms with Gasteiger partial charge in [0.25, 0.3) is 0 Å². The number of carbonyl (C=O) groups is 1. The zero-order valence-electron chi connectivity index (χ0n) is 8.32. The summed E-state index contributed by atoms with van der Waals surface area (Å²) in [7, 11) is 0. The van der Waals surface area contributed by atoms with Gasteiger partial charge in [-0.25, -0.2) is 4.79 Å². The molecule has 4 nitrogen and oxygen atoms in total. The van der Waals surface area contributed by atoms with Gasteiger partial charge in [0.05, 0.1) is 6.61 Å². The number of ether oxygens (including phenoxy) is 1. The highest BCUT2D eigenvalue weighted by molar-refractivity contribution is 5.68. The molecule has 4 heteroatoms. The van der Waals surface area contributed by atoms with Crippen LogP contribution in [0.15, 0.2) is 0 Å². The van der Waals surface area contributed by atoms with Gasteiger partial charge in [0.2, 0.25) is 0 Å². The molecule has 1 heterocycles. The van der Waals surface area contributed by atoms with E-state index >= 15 is 0 Å². The third-order valence-corrected chi connectivity index (χ3v) is 3.26. The van der Waals surface area contributed by atoms with Crippen molar-refractivity contribution in [1.29, 1.82) is 0 Å². The van der Waals surface area contributed by atoms with Gasteiger partial charge >= 0.3 is 6.09 Å². The Balaban J connectivity index is 2.01. The number of hydrogen-bond acceptors (Lipinski definition) is 3. The molecule has 2 aliphatic rings. The van der Waals surface area contributed by atoms with E-state index in [9.17, 15) is 9.90 Å². The summed E-state index contributed by atoms with van der Waals surface area (Å²) in [5.41, 5.74) is 0. The quantitative estimate of drug-likeness (QED) is 0.721. The standard InChI is InChI=1S/C10H17NO3/c12-7-8-3-1-4-9(8)11-5-2-6-14-10(11)13/h8-9,12H,1-7H2. The van der Waals surface area contributed by atoms with Gasteiger partial charge in [-0.2, -0.15) is 0 Å². The predicted octanol–water partition coefficient (Wildman–Crippen LogP) is 0.990. The molecule has 0 bridgehead atoms. The summed E-state index contributed by atoms with van der Waals surface area (Å²) in [5, 5.41) is 9.17. The van der Waals surface area contributed by atoms with E-state index < -0.39 is 0 Å². The van der Waals surface area contributed by atoms with Gasteiger partial charge in [-0.05, 0) is 19.3 Å². The number of cyclic esters (lactones) is 1. The van der Waals surface area contributed by atoms with Crippen LogP contribution in [0.3, 0.4) is 0 Å². The van der Waals surface area contributed by atoms with Gasteiger partial charge < -0.3 is 14.7 Å². The van der Waals surface area contributed by atoms with Gasteiger partial charge in [0.1, 0.15) is 0 Å². The lowest BCUT2D eigenvalue weighted by Gasteiger charge is -2.34. The summed E-state index contributed by atoms with van der Waals surface area (Å²) in [6.45, 7) is 1.53. The second-order valence-electron chi connectivity index (χ2n) is 4.10. The van der Waals surface area contributed by atoms with E-state index in [1.165, 1.54) is 0 Å². The number of amides is 1. The maximum absolute atomic E-state index is 11.5. The van der Waals surface area contributed by atoms with E-state index in [1.807, 2.05) is 0 Å². The topological polar surface area (TPSA) is 49.8 Å². The zero-order chi connectivity index (χ0) is 9.97. The lowest BCUT2D eigenvalue weighted by atomic mass is 10.0. The Labute approximate surface area is 83.8 Å². The van der Waals surface area contributed by atoms with Crippen LogP contribution in [0.5, 0.6) is 0 Å². The highest BCUT2D eigenvalue weighted by Gasteiger charge is 2.36. The average Bonchev–Trinajstić information content (AvgIpc) is 2.66. The summed E-state index contributed by atoms with van der Waals surface area (Å²) in [6, 6.07) is 0.216. The van der Waals surface area contributed by atoms with Gasteiger partial charge in [0, 0.05) is 25.1 Å². The minimum Gasteiger partial charge on any atom is -0.449 e. The van der Waals surface area contributed by atoms with E-state index in [4.69, 9.17) is 4.74 Å². The Bertz CT molecular complexity index is 219. The predicted molar refractivity (Wildman–Crippen MR) is 50.9 cm³/mol. The van der Waals surface area contributed by atoms with E-state index in [2.05, 4.69) is 0 Å². The van der Waals surface area contributed by atoms with Crippen molar-refractivity contribution >= 4 is 6.09 Å². The minimum absolute atomic E-state index is 0.189. The number of aliphatic hydroxyl groups excluding tert-OH is 1. The zero-order valence-corrected chi connectivity index (χ0v) is 8.32. The maximum Gasteiger partial charge on any atom is 0.410 e. The van der Waals surface area contributed by atoms with Gasteiger partial charge in [-0.15, -0.1) is 0 Å². The molecule has 0 spiro atoms. The molecular weight excluding hydrogens is 182 g/mol. The summed E-state index contributed by atoms with van der Waals surface area (Å²) in [4.78, 5) is 13.3. The first-order valence-electron chi connectivity index (χ1n) is 5.37. The second-order valence-corrected chi connectivity index (χ2v) is 4.10. The van der Waals surface area contributed by atoms with Crippen molar-refractivity contribution in [1.82, 2.24) is 4.90 Å². The van der Waals surface area contributed by atoms with Crippen LogP contribution in [-0.2, 0) is 4.74 Å². The molecule has 2 rings (SSSR count). The van der Waals surface area contributed by atoms with Crippen LogP contribution in [-0.4, -0.2) is 41.9 Å². The maximum atomic E-state index is 11.5. The molecule has 0 aromatic carbocycles. The highest BCUT2D eigenvalue weighted by atomic mass is 16.6. The van der Waals surface area contributed by atoms with Crippen molar-refractivity contribution in [2.45, 2.75) is 31.7 Å². The Kier molecular flexibility index (Phi) is 2.91. The van der Waals surface area contributed by atoms with Crippen LogP contribution < -0.4 is 0 Å². The third kappa shape index (κ3) is 1.71. The molecule has 2 unspecified atom stereocenters. The molecule has 2 fully saturated rings. The molecule has 1 aliphatic carbocycles.